The highest BCUT2D eigenvalue weighted by Gasteiger charge is 2.17. The lowest BCUT2D eigenvalue weighted by Crippen LogP contribution is -2.26. The van der Waals surface area contributed by atoms with Crippen LogP contribution < -0.4 is 10.1 Å². The molecule has 1 aromatic carbocycles. The summed E-state index contributed by atoms with van der Waals surface area (Å²) in [6.45, 7) is 3.68. The molecule has 2 heterocycles. The van der Waals surface area contributed by atoms with Crippen LogP contribution in [-0.4, -0.2) is 53.8 Å². The highest BCUT2D eigenvalue weighted by Crippen LogP contribution is 2.29. The Hall–Kier alpha value is -2.90. The van der Waals surface area contributed by atoms with Crippen LogP contribution in [0.15, 0.2) is 36.5 Å². The van der Waals surface area contributed by atoms with Gasteiger partial charge in [0.1, 0.15) is 11.6 Å². The molecule has 0 atom stereocenters. The first-order chi connectivity index (χ1) is 14.4. The zero-order chi connectivity index (χ0) is 21.7. The van der Waals surface area contributed by atoms with Crippen molar-refractivity contribution in [3.05, 3.63) is 58.3 Å². The van der Waals surface area contributed by atoms with Gasteiger partial charge in [0.05, 0.1) is 18.2 Å². The van der Waals surface area contributed by atoms with Gasteiger partial charge in [0, 0.05) is 43.5 Å². The number of carbonyl (C=O) groups is 2. The summed E-state index contributed by atoms with van der Waals surface area (Å²) in [6.07, 6.45) is 4.87. The van der Waals surface area contributed by atoms with Gasteiger partial charge in [-0.25, -0.2) is 4.98 Å². The number of pyridine rings is 1. The van der Waals surface area contributed by atoms with Crippen molar-refractivity contribution in [3.63, 3.8) is 0 Å². The maximum absolute atomic E-state index is 12.6. The maximum atomic E-state index is 12.6. The molecular weight excluding hydrogens is 404 g/mol. The molecule has 0 radical (unpaired) electrons. The molecule has 0 fully saturated rings. The van der Waals surface area contributed by atoms with E-state index in [0.29, 0.717) is 42.8 Å². The summed E-state index contributed by atoms with van der Waals surface area (Å²) in [5.41, 5.74) is 2.54. The second-order valence-electron chi connectivity index (χ2n) is 7.19. The molecule has 8 heteroatoms. The molecule has 0 unspecified atom stereocenters. The average Bonchev–Trinajstić information content (AvgIpc) is 2.84. The van der Waals surface area contributed by atoms with E-state index in [-0.39, 0.29) is 11.8 Å². The second-order valence-corrected chi connectivity index (χ2v) is 7.59. The minimum Gasteiger partial charge on any atom is -0.492 e. The second kappa shape index (κ2) is 9.73. The van der Waals surface area contributed by atoms with Crippen molar-refractivity contribution in [2.24, 2.45) is 0 Å². The van der Waals surface area contributed by atoms with E-state index in [0.717, 1.165) is 16.7 Å². The molecule has 0 aliphatic carbocycles. The van der Waals surface area contributed by atoms with Gasteiger partial charge >= 0.3 is 0 Å². The van der Waals surface area contributed by atoms with Crippen LogP contribution in [0.2, 0.25) is 5.02 Å². The highest BCUT2D eigenvalue weighted by atomic mass is 35.5. The third-order valence-electron chi connectivity index (χ3n) is 4.64. The van der Waals surface area contributed by atoms with Crippen LogP contribution in [0.1, 0.15) is 23.6 Å². The topological polar surface area (TPSA) is 74.8 Å². The lowest BCUT2D eigenvalue weighted by molar-refractivity contribution is -0.125. The number of halogens is 1. The van der Waals surface area contributed by atoms with Gasteiger partial charge in [-0.3, -0.25) is 14.5 Å². The van der Waals surface area contributed by atoms with Gasteiger partial charge in [-0.05, 0) is 37.7 Å². The molecule has 1 aliphatic rings. The fourth-order valence-corrected chi connectivity index (χ4v) is 3.48. The summed E-state index contributed by atoms with van der Waals surface area (Å²) >= 11 is 6.22. The first kappa shape index (κ1) is 21.8. The highest BCUT2D eigenvalue weighted by molar-refractivity contribution is 6.32. The third kappa shape index (κ3) is 5.37. The van der Waals surface area contributed by atoms with Crippen molar-refractivity contribution in [1.29, 1.82) is 0 Å². The lowest BCUT2D eigenvalue weighted by Gasteiger charge is -2.18. The van der Waals surface area contributed by atoms with Crippen molar-refractivity contribution in [2.75, 3.05) is 32.6 Å². The van der Waals surface area contributed by atoms with Crippen LogP contribution in [0.5, 0.6) is 5.75 Å². The Morgan fingerprint density at radius 1 is 1.40 bits per heavy atom. The molecule has 1 aromatic heterocycles. The summed E-state index contributed by atoms with van der Waals surface area (Å²) in [4.78, 5) is 32.2. The molecule has 7 nitrogen and oxygen atoms in total. The number of fused-ring (bicyclic) bond motifs is 1. The predicted molar refractivity (Wildman–Crippen MR) is 117 cm³/mol. The van der Waals surface area contributed by atoms with E-state index in [1.165, 1.54) is 6.08 Å². The summed E-state index contributed by atoms with van der Waals surface area (Å²) in [7, 11) is 3.60. The molecule has 2 amide bonds. The van der Waals surface area contributed by atoms with Crippen LogP contribution in [0.3, 0.4) is 0 Å². The molecule has 30 heavy (non-hydrogen) atoms. The van der Waals surface area contributed by atoms with Crippen molar-refractivity contribution < 1.29 is 14.3 Å². The van der Waals surface area contributed by atoms with Crippen LogP contribution in [-0.2, 0) is 22.7 Å². The molecule has 158 valence electrons. The quantitative estimate of drug-likeness (QED) is 0.715. The monoisotopic (exact) mass is 428 g/mol. The summed E-state index contributed by atoms with van der Waals surface area (Å²) in [6, 6.07) is 7.43. The molecule has 1 N–H and O–H groups in total. The number of likely N-dealkylation sites (N-methyl/N-ethyl adjacent to an activating group) is 2. The predicted octanol–water partition coefficient (Wildman–Crippen LogP) is 3.19. The van der Waals surface area contributed by atoms with E-state index in [9.17, 15) is 9.59 Å². The van der Waals surface area contributed by atoms with E-state index < -0.39 is 0 Å². The lowest BCUT2D eigenvalue weighted by atomic mass is 10.1. The fourth-order valence-electron chi connectivity index (χ4n) is 3.23. The first-order valence-electron chi connectivity index (χ1n) is 9.68. The van der Waals surface area contributed by atoms with Gasteiger partial charge in [0.15, 0.2) is 0 Å². The molecular formula is C22H25ClN4O3. The van der Waals surface area contributed by atoms with Crippen LogP contribution in [0.25, 0.3) is 6.08 Å². The van der Waals surface area contributed by atoms with E-state index in [1.807, 2.05) is 37.1 Å². The Balaban J connectivity index is 1.70. The van der Waals surface area contributed by atoms with Crippen molar-refractivity contribution in [3.8, 4) is 5.75 Å². The Morgan fingerprint density at radius 2 is 2.20 bits per heavy atom. The van der Waals surface area contributed by atoms with Crippen molar-refractivity contribution >= 4 is 35.3 Å². The average molecular weight is 429 g/mol. The van der Waals surface area contributed by atoms with Gasteiger partial charge in [0.2, 0.25) is 11.8 Å². The van der Waals surface area contributed by atoms with Gasteiger partial charge in [-0.1, -0.05) is 23.7 Å². The van der Waals surface area contributed by atoms with E-state index in [1.54, 1.807) is 30.3 Å². The van der Waals surface area contributed by atoms with Crippen molar-refractivity contribution in [1.82, 2.24) is 14.8 Å². The van der Waals surface area contributed by atoms with Crippen LogP contribution in [0, 0.1) is 0 Å². The number of hydrogen-bond acceptors (Lipinski definition) is 5. The SMILES string of the molecule is CCOc1c(Cl)cccc1CN(C)C(=O)C=Cc1cnc2c(c1)CN(C)CC(=O)N2. The number of aromatic nitrogens is 1. The van der Waals surface area contributed by atoms with Crippen LogP contribution in [0.4, 0.5) is 5.82 Å². The molecule has 0 spiro atoms. The zero-order valence-corrected chi connectivity index (χ0v) is 18.1. The number of rotatable bonds is 6. The number of nitrogens with one attached hydrogen (secondary N) is 1. The number of amides is 2. The Labute approximate surface area is 181 Å². The minimum atomic E-state index is -0.155. The number of ether oxygens (including phenoxy) is 1. The zero-order valence-electron chi connectivity index (χ0n) is 17.3. The number of anilines is 1. The first-order valence-corrected chi connectivity index (χ1v) is 10.1. The van der Waals surface area contributed by atoms with Gasteiger partial charge < -0.3 is 15.0 Å². The molecule has 1 aliphatic heterocycles. The number of hydrogen-bond donors (Lipinski definition) is 1. The van der Waals surface area contributed by atoms with Gasteiger partial charge in [0.25, 0.3) is 0 Å². The Morgan fingerprint density at radius 3 is 2.97 bits per heavy atom. The van der Waals surface area contributed by atoms with Gasteiger partial charge in [-0.2, -0.15) is 0 Å². The number of nitrogens with zero attached hydrogens (tertiary/aromatic N) is 3. The standard InChI is InChI=1S/C22H25ClN4O3/c1-4-30-21-16(6-5-7-18(21)23)13-27(3)20(29)9-8-15-10-17-12-26(2)14-19(28)25-22(17)24-11-15/h5-11H,4,12-14H2,1-3H3,(H,24,25,28). The third-order valence-corrected chi connectivity index (χ3v) is 4.94. The summed E-state index contributed by atoms with van der Waals surface area (Å²) in [5.74, 6) is 0.926. The maximum Gasteiger partial charge on any atom is 0.246 e. The largest absolute Gasteiger partial charge is 0.492 e. The molecule has 2 aromatic rings. The molecule has 0 saturated carbocycles. The molecule has 0 bridgehead atoms. The summed E-state index contributed by atoms with van der Waals surface area (Å²) in [5, 5.41) is 3.32. The normalized spacial score (nSPS) is 14.2. The molecule has 3 rings (SSSR count). The summed E-state index contributed by atoms with van der Waals surface area (Å²) < 4.78 is 5.63. The number of benzene rings is 1. The Bertz CT molecular complexity index is 977. The minimum absolute atomic E-state index is 0.0868. The van der Waals surface area contributed by atoms with E-state index in [2.05, 4.69) is 10.3 Å². The number of para-hydroxylation sites is 1. The van der Waals surface area contributed by atoms with E-state index in [4.69, 9.17) is 16.3 Å². The number of carbonyl (C=O) groups excluding carboxylic acids is 2. The van der Waals surface area contributed by atoms with Crippen LogP contribution >= 0.6 is 11.6 Å². The van der Waals surface area contributed by atoms with Crippen molar-refractivity contribution in [2.45, 2.75) is 20.0 Å². The van der Waals surface area contributed by atoms with E-state index >= 15 is 0 Å². The van der Waals surface area contributed by atoms with Gasteiger partial charge in [-0.15, -0.1) is 0 Å². The smallest absolute Gasteiger partial charge is 0.246 e. The Kier molecular flexibility index (Phi) is 7.07. The fraction of sp³-hybridized carbons (Fsp3) is 0.318. The molecule has 0 saturated heterocycles.